The number of piperazine rings is 1. The number of hydrogen-bond acceptors (Lipinski definition) is 4. The lowest BCUT2D eigenvalue weighted by Crippen LogP contribution is -2.65. The zero-order valence-electron chi connectivity index (χ0n) is 13.9. The number of nitrogens with zero attached hydrogens (tertiary/aromatic N) is 4. The minimum Gasteiger partial charge on any atom is -0.334 e. The highest BCUT2D eigenvalue weighted by Crippen LogP contribution is 2.37. The molecule has 3 rings (SSSR count). The van der Waals surface area contributed by atoms with Crippen LogP contribution in [0.4, 0.5) is 0 Å². The lowest BCUT2D eigenvalue weighted by Gasteiger charge is -2.52. The van der Waals surface area contributed by atoms with Crippen LogP contribution >= 0.6 is 0 Å². The fraction of sp³-hybridized carbons (Fsp3) is 0.647. The second-order valence-electron chi connectivity index (χ2n) is 6.74. The fourth-order valence-corrected chi connectivity index (χ4v) is 3.96. The molecule has 1 saturated carbocycles. The first-order valence-corrected chi connectivity index (χ1v) is 8.40. The Morgan fingerprint density at radius 3 is 2.43 bits per heavy atom. The molecule has 2 amide bonds. The second kappa shape index (κ2) is 6.26. The molecule has 124 valence electrons. The third kappa shape index (κ3) is 3.07. The van der Waals surface area contributed by atoms with Gasteiger partial charge in [-0.3, -0.25) is 9.59 Å². The predicted molar refractivity (Wildman–Crippen MR) is 85.9 cm³/mol. The molecule has 1 aliphatic carbocycles. The largest absolute Gasteiger partial charge is 0.334 e. The summed E-state index contributed by atoms with van der Waals surface area (Å²) >= 11 is 0. The number of rotatable bonds is 1. The van der Waals surface area contributed by atoms with Crippen molar-refractivity contribution in [3.63, 3.8) is 0 Å². The first kappa shape index (κ1) is 15.9. The molecule has 1 aromatic rings. The topological polar surface area (TPSA) is 66.4 Å². The molecule has 0 atom stereocenters. The fourth-order valence-electron chi connectivity index (χ4n) is 3.96. The van der Waals surface area contributed by atoms with E-state index in [1.807, 2.05) is 22.8 Å². The van der Waals surface area contributed by atoms with Gasteiger partial charge in [0.1, 0.15) is 0 Å². The number of aromatic nitrogens is 2. The van der Waals surface area contributed by atoms with Gasteiger partial charge in [0.05, 0.1) is 11.2 Å². The maximum atomic E-state index is 12.7. The molecule has 23 heavy (non-hydrogen) atoms. The van der Waals surface area contributed by atoms with Gasteiger partial charge in [-0.05, 0) is 31.9 Å². The Morgan fingerprint density at radius 1 is 1.09 bits per heavy atom. The Bertz CT molecular complexity index is 593. The maximum absolute atomic E-state index is 12.7. The lowest BCUT2D eigenvalue weighted by molar-refractivity contribution is -0.141. The van der Waals surface area contributed by atoms with Gasteiger partial charge in [0.25, 0.3) is 5.91 Å². The van der Waals surface area contributed by atoms with Crippen LogP contribution < -0.4 is 0 Å². The van der Waals surface area contributed by atoms with Crippen LogP contribution in [0.2, 0.25) is 0 Å². The van der Waals surface area contributed by atoms with Crippen molar-refractivity contribution >= 4 is 11.8 Å². The molecule has 2 heterocycles. The van der Waals surface area contributed by atoms with Crippen LogP contribution in [0.15, 0.2) is 12.1 Å². The Balaban J connectivity index is 1.81. The van der Waals surface area contributed by atoms with E-state index in [0.29, 0.717) is 25.3 Å². The van der Waals surface area contributed by atoms with Crippen molar-refractivity contribution in [1.82, 2.24) is 20.0 Å². The lowest BCUT2D eigenvalue weighted by atomic mass is 9.78. The van der Waals surface area contributed by atoms with Gasteiger partial charge >= 0.3 is 0 Å². The molecule has 1 spiro atoms. The summed E-state index contributed by atoms with van der Waals surface area (Å²) in [5, 5.41) is 8.00. The predicted octanol–water partition coefficient (Wildman–Crippen LogP) is 1.79. The smallest absolute Gasteiger partial charge is 0.274 e. The van der Waals surface area contributed by atoms with Crippen LogP contribution in [-0.4, -0.2) is 57.0 Å². The van der Waals surface area contributed by atoms with Gasteiger partial charge in [-0.1, -0.05) is 19.3 Å². The van der Waals surface area contributed by atoms with Gasteiger partial charge in [0, 0.05) is 26.6 Å². The summed E-state index contributed by atoms with van der Waals surface area (Å²) < 4.78 is 0. The standard InChI is InChI=1S/C17H24N4O2/c1-13-6-7-15(19-18-13)16(23)20-10-11-21(14(2)22)17(12-20)8-4-3-5-9-17/h6-7H,3-5,8-12H2,1-2H3. The molecule has 0 radical (unpaired) electrons. The first-order valence-electron chi connectivity index (χ1n) is 8.40. The number of carbonyl (C=O) groups excluding carboxylic acids is 2. The van der Waals surface area contributed by atoms with Gasteiger partial charge < -0.3 is 9.80 Å². The molecule has 2 fully saturated rings. The van der Waals surface area contributed by atoms with Crippen LogP contribution in [0.3, 0.4) is 0 Å². The summed E-state index contributed by atoms with van der Waals surface area (Å²) in [5.41, 5.74) is 1.00. The quantitative estimate of drug-likeness (QED) is 0.792. The van der Waals surface area contributed by atoms with E-state index in [1.165, 1.54) is 6.42 Å². The van der Waals surface area contributed by atoms with Gasteiger partial charge in [-0.25, -0.2) is 0 Å². The average molecular weight is 316 g/mol. The molecule has 1 aromatic heterocycles. The average Bonchev–Trinajstić information content (AvgIpc) is 2.55. The summed E-state index contributed by atoms with van der Waals surface area (Å²) in [6.07, 6.45) is 5.42. The normalized spacial score (nSPS) is 20.6. The van der Waals surface area contributed by atoms with Gasteiger partial charge in [-0.15, -0.1) is 5.10 Å². The van der Waals surface area contributed by atoms with E-state index in [9.17, 15) is 9.59 Å². The summed E-state index contributed by atoms with van der Waals surface area (Å²) in [6.45, 7) is 5.28. The van der Waals surface area contributed by atoms with Crippen molar-refractivity contribution in [2.24, 2.45) is 0 Å². The van der Waals surface area contributed by atoms with Crippen molar-refractivity contribution in [3.05, 3.63) is 23.5 Å². The monoisotopic (exact) mass is 316 g/mol. The third-order valence-electron chi connectivity index (χ3n) is 5.12. The Kier molecular flexibility index (Phi) is 4.33. The molecular formula is C17H24N4O2. The van der Waals surface area contributed by atoms with Crippen molar-refractivity contribution in [2.75, 3.05) is 19.6 Å². The zero-order valence-corrected chi connectivity index (χ0v) is 13.9. The van der Waals surface area contributed by atoms with E-state index in [2.05, 4.69) is 10.2 Å². The van der Waals surface area contributed by atoms with Crippen LogP contribution in [-0.2, 0) is 4.79 Å². The molecule has 6 nitrogen and oxygen atoms in total. The minimum absolute atomic E-state index is 0.0781. The van der Waals surface area contributed by atoms with Gasteiger partial charge in [0.15, 0.2) is 5.69 Å². The van der Waals surface area contributed by atoms with E-state index in [0.717, 1.165) is 31.4 Å². The highest BCUT2D eigenvalue weighted by Gasteiger charge is 2.44. The van der Waals surface area contributed by atoms with Gasteiger partial charge in [-0.2, -0.15) is 5.10 Å². The second-order valence-corrected chi connectivity index (χ2v) is 6.74. The Hall–Kier alpha value is -1.98. The molecule has 2 aliphatic rings. The number of carbonyl (C=O) groups is 2. The van der Waals surface area contributed by atoms with E-state index in [4.69, 9.17) is 0 Å². The zero-order chi connectivity index (χ0) is 16.4. The summed E-state index contributed by atoms with van der Waals surface area (Å²) in [5.74, 6) is 0.0415. The van der Waals surface area contributed by atoms with Crippen LogP contribution in [0.1, 0.15) is 55.2 Å². The number of amides is 2. The van der Waals surface area contributed by atoms with Crippen molar-refractivity contribution in [3.8, 4) is 0 Å². The number of aryl methyl sites for hydroxylation is 1. The van der Waals surface area contributed by atoms with Crippen LogP contribution in [0.25, 0.3) is 0 Å². The molecule has 0 bridgehead atoms. The van der Waals surface area contributed by atoms with Crippen LogP contribution in [0.5, 0.6) is 0 Å². The molecule has 0 N–H and O–H groups in total. The van der Waals surface area contributed by atoms with Crippen LogP contribution in [0, 0.1) is 6.92 Å². The van der Waals surface area contributed by atoms with E-state index in [-0.39, 0.29) is 17.4 Å². The highest BCUT2D eigenvalue weighted by atomic mass is 16.2. The molecule has 1 saturated heterocycles. The van der Waals surface area contributed by atoms with Crippen molar-refractivity contribution in [1.29, 1.82) is 0 Å². The molecule has 0 unspecified atom stereocenters. The van der Waals surface area contributed by atoms with Gasteiger partial charge in [0.2, 0.25) is 5.91 Å². The molecule has 6 heteroatoms. The highest BCUT2D eigenvalue weighted by molar-refractivity contribution is 5.92. The van der Waals surface area contributed by atoms with E-state index >= 15 is 0 Å². The first-order chi connectivity index (χ1) is 11.0. The third-order valence-corrected chi connectivity index (χ3v) is 5.12. The molecular weight excluding hydrogens is 292 g/mol. The minimum atomic E-state index is -0.184. The molecule has 1 aliphatic heterocycles. The van der Waals surface area contributed by atoms with E-state index in [1.54, 1.807) is 13.0 Å². The number of hydrogen-bond donors (Lipinski definition) is 0. The maximum Gasteiger partial charge on any atom is 0.274 e. The Morgan fingerprint density at radius 2 is 1.83 bits per heavy atom. The summed E-state index contributed by atoms with van der Waals surface area (Å²) in [6, 6.07) is 3.54. The van der Waals surface area contributed by atoms with Crippen molar-refractivity contribution < 1.29 is 9.59 Å². The SMILES string of the molecule is CC(=O)N1CCN(C(=O)c2ccc(C)nn2)CC12CCCCC2. The van der Waals surface area contributed by atoms with Crippen molar-refractivity contribution in [2.45, 2.75) is 51.5 Å². The van der Waals surface area contributed by atoms with E-state index < -0.39 is 0 Å². The Labute approximate surface area is 136 Å². The summed E-state index contributed by atoms with van der Waals surface area (Å²) in [7, 11) is 0. The molecule has 0 aromatic carbocycles. The summed E-state index contributed by atoms with van der Waals surface area (Å²) in [4.78, 5) is 28.6.